The predicted molar refractivity (Wildman–Crippen MR) is 153 cm³/mol. The molecule has 1 aliphatic heterocycles. The van der Waals surface area contributed by atoms with Crippen LogP contribution in [0.15, 0.2) is 36.7 Å². The third-order valence-electron chi connectivity index (χ3n) is 7.18. The molecule has 0 spiro atoms. The maximum Gasteiger partial charge on any atom is 0.516 e. The van der Waals surface area contributed by atoms with Crippen molar-refractivity contribution in [1.82, 2.24) is 25.0 Å². The largest absolute Gasteiger partial charge is 0.516 e. The van der Waals surface area contributed by atoms with Crippen LogP contribution < -0.4 is 16.0 Å². The van der Waals surface area contributed by atoms with Gasteiger partial charge in [0.1, 0.15) is 23.1 Å². The fourth-order valence-corrected chi connectivity index (χ4v) is 5.12. The van der Waals surface area contributed by atoms with Crippen molar-refractivity contribution < 1.29 is 14.0 Å². The second-order valence-electron chi connectivity index (χ2n) is 12.1. The molecule has 2 aromatic heterocycles. The van der Waals surface area contributed by atoms with Crippen LogP contribution in [0.25, 0.3) is 5.69 Å². The fraction of sp³-hybridized carbons (Fsp3) is 0.500. The van der Waals surface area contributed by atoms with Gasteiger partial charge in [-0.2, -0.15) is 35.0 Å². The zero-order valence-corrected chi connectivity index (χ0v) is 24.2. The number of ether oxygens (including phenoxy) is 1. The summed E-state index contributed by atoms with van der Waals surface area (Å²) in [5, 5.41) is 21.3. The van der Waals surface area contributed by atoms with Crippen molar-refractivity contribution in [2.24, 2.45) is 5.41 Å². The number of nitriles is 1. The number of hydrogen-bond acceptors (Lipinski definition) is 10. The van der Waals surface area contributed by atoms with Gasteiger partial charge >= 0.3 is 6.09 Å². The van der Waals surface area contributed by atoms with E-state index in [9.17, 15) is 10.1 Å². The quantitative estimate of drug-likeness (QED) is 0.392. The first-order valence-electron chi connectivity index (χ1n) is 13.4. The Morgan fingerprint density at radius 1 is 1.30 bits per heavy atom. The van der Waals surface area contributed by atoms with Crippen LogP contribution in [-0.2, 0) is 4.74 Å². The smallest absolute Gasteiger partial charge is 0.414 e. The number of hydrogen-bond donors (Lipinski definition) is 2. The molecule has 1 aliphatic rings. The molecule has 12 nitrogen and oxygen atoms in total. The number of anilines is 4. The second kappa shape index (κ2) is 11.1. The highest BCUT2D eigenvalue weighted by atomic mass is 16.6. The molecule has 4 rings (SSSR count). The van der Waals surface area contributed by atoms with Crippen LogP contribution in [0.3, 0.4) is 0 Å². The minimum atomic E-state index is -0.503. The maximum absolute atomic E-state index is 12.8. The van der Waals surface area contributed by atoms with E-state index in [-0.39, 0.29) is 22.9 Å². The molecule has 3 N–H and O–H groups in total. The average Bonchev–Trinajstić information content (AvgIpc) is 3.52. The number of rotatable bonds is 8. The molecule has 3 heterocycles. The highest BCUT2D eigenvalue weighted by Gasteiger charge is 2.49. The standard InChI is InChI=1S/C28H39N10O2/c1-27(2,3)40-26(39)38(6)16-12-28(4,19-38)11-8-15-36(5)25-34-23(30)22(18-29)24(35-25)33-20-9-7-10-21(17-20)37-31-13-14-32-37/h7,9-10,13-14,17H,8,11-12,15-16,19H2,1-6H3,(H3,30,33,34,35)/q+1. The first-order valence-corrected chi connectivity index (χ1v) is 13.4. The molecule has 212 valence electrons. The van der Waals surface area contributed by atoms with Gasteiger partial charge in [-0.05, 0) is 51.8 Å². The number of likely N-dealkylation sites (tertiary alicyclic amines) is 1. The molecule has 0 saturated carbocycles. The van der Waals surface area contributed by atoms with Crippen molar-refractivity contribution in [3.63, 3.8) is 0 Å². The third kappa shape index (κ3) is 6.66. The van der Waals surface area contributed by atoms with E-state index < -0.39 is 5.60 Å². The highest BCUT2D eigenvalue weighted by molar-refractivity contribution is 5.71. The molecule has 2 unspecified atom stereocenters. The van der Waals surface area contributed by atoms with Gasteiger partial charge in [0.25, 0.3) is 0 Å². The van der Waals surface area contributed by atoms with E-state index in [1.807, 2.05) is 64.0 Å². The lowest BCUT2D eigenvalue weighted by molar-refractivity contribution is -0.829. The Bertz CT molecular complexity index is 1400. The Balaban J connectivity index is 1.42. The van der Waals surface area contributed by atoms with Gasteiger partial charge in [0, 0.05) is 31.1 Å². The molecule has 1 aromatic carbocycles. The van der Waals surface area contributed by atoms with Crippen LogP contribution in [0, 0.1) is 16.7 Å². The zero-order chi connectivity index (χ0) is 29.1. The van der Waals surface area contributed by atoms with Crippen molar-refractivity contribution in [3.05, 3.63) is 42.2 Å². The number of nitrogens with zero attached hydrogens (tertiary/aromatic N) is 8. The van der Waals surface area contributed by atoms with Crippen LogP contribution in [0.2, 0.25) is 0 Å². The molecule has 1 saturated heterocycles. The topological polar surface area (TPSA) is 148 Å². The first kappa shape index (κ1) is 28.8. The molecule has 40 heavy (non-hydrogen) atoms. The summed E-state index contributed by atoms with van der Waals surface area (Å²) in [6.45, 7) is 10.1. The van der Waals surface area contributed by atoms with Crippen LogP contribution in [0.5, 0.6) is 0 Å². The molecule has 0 bridgehead atoms. The number of nitrogens with one attached hydrogen (secondary N) is 1. The summed E-state index contributed by atoms with van der Waals surface area (Å²) in [7, 11) is 3.88. The van der Waals surface area contributed by atoms with Gasteiger partial charge in [-0.15, -0.1) is 0 Å². The van der Waals surface area contributed by atoms with Crippen molar-refractivity contribution in [2.45, 2.75) is 52.6 Å². The maximum atomic E-state index is 12.8. The number of aromatic nitrogens is 5. The van der Waals surface area contributed by atoms with Gasteiger partial charge < -0.3 is 20.7 Å². The molecular weight excluding hydrogens is 508 g/mol. The number of quaternary nitrogens is 1. The molecule has 0 aliphatic carbocycles. The Hall–Kier alpha value is -4.24. The summed E-state index contributed by atoms with van der Waals surface area (Å²) >= 11 is 0. The Kier molecular flexibility index (Phi) is 7.98. The SMILES string of the molecule is CN(CCCC1(C)CC[N+](C)(C(=O)OC(C)(C)C)C1)c1nc(N)c(C#N)c(Nc2cccc(-n3nccn3)c2)n1. The van der Waals surface area contributed by atoms with E-state index in [0.717, 1.165) is 38.0 Å². The molecule has 1 amide bonds. The van der Waals surface area contributed by atoms with E-state index in [1.54, 1.807) is 12.4 Å². The van der Waals surface area contributed by atoms with Crippen LogP contribution >= 0.6 is 0 Å². The molecule has 1 fully saturated rings. The van der Waals surface area contributed by atoms with Crippen molar-refractivity contribution in [2.75, 3.05) is 49.7 Å². The van der Waals surface area contributed by atoms with Crippen molar-refractivity contribution in [3.8, 4) is 11.8 Å². The lowest BCUT2D eigenvalue weighted by atomic mass is 9.84. The summed E-state index contributed by atoms with van der Waals surface area (Å²) in [5.74, 6) is 0.866. The van der Waals surface area contributed by atoms with Crippen LogP contribution in [0.1, 0.15) is 52.5 Å². The average molecular weight is 548 g/mol. The monoisotopic (exact) mass is 547 g/mol. The minimum Gasteiger partial charge on any atom is -0.414 e. The summed E-state index contributed by atoms with van der Waals surface area (Å²) in [6.07, 6.45) is 5.82. The zero-order valence-electron chi connectivity index (χ0n) is 24.2. The number of benzene rings is 1. The van der Waals surface area contributed by atoms with Gasteiger partial charge in [0.2, 0.25) is 5.95 Å². The van der Waals surface area contributed by atoms with E-state index >= 15 is 0 Å². The van der Waals surface area contributed by atoms with Gasteiger partial charge in [0.15, 0.2) is 5.82 Å². The molecular formula is C28H39N10O2+. The Morgan fingerprint density at radius 3 is 2.70 bits per heavy atom. The van der Waals surface area contributed by atoms with E-state index in [1.165, 1.54) is 4.80 Å². The van der Waals surface area contributed by atoms with Crippen LogP contribution in [-0.4, -0.2) is 74.9 Å². The molecule has 0 radical (unpaired) electrons. The summed E-state index contributed by atoms with van der Waals surface area (Å²) in [4.78, 5) is 25.3. The summed E-state index contributed by atoms with van der Waals surface area (Å²) in [6, 6.07) is 9.57. The van der Waals surface area contributed by atoms with E-state index in [4.69, 9.17) is 10.5 Å². The van der Waals surface area contributed by atoms with E-state index in [0.29, 0.717) is 28.5 Å². The van der Waals surface area contributed by atoms with Crippen LogP contribution in [0.4, 0.5) is 28.1 Å². The number of carbonyl (C=O) groups excluding carboxylic acids is 1. The Labute approximate surface area is 235 Å². The highest BCUT2D eigenvalue weighted by Crippen LogP contribution is 2.39. The van der Waals surface area contributed by atoms with Crippen molar-refractivity contribution >= 4 is 29.4 Å². The summed E-state index contributed by atoms with van der Waals surface area (Å²) < 4.78 is 5.99. The second-order valence-corrected chi connectivity index (χ2v) is 12.1. The normalized spacial score (nSPS) is 20.6. The lowest BCUT2D eigenvalue weighted by Crippen LogP contribution is -2.50. The molecule has 2 atom stereocenters. The van der Waals surface area contributed by atoms with Gasteiger partial charge in [0.05, 0.1) is 38.2 Å². The number of carbonyl (C=O) groups is 1. The van der Waals surface area contributed by atoms with Crippen molar-refractivity contribution in [1.29, 1.82) is 5.26 Å². The lowest BCUT2D eigenvalue weighted by Gasteiger charge is -2.31. The van der Waals surface area contributed by atoms with Gasteiger partial charge in [-0.3, -0.25) is 0 Å². The van der Waals surface area contributed by atoms with Gasteiger partial charge in [-0.25, -0.2) is 4.48 Å². The van der Waals surface area contributed by atoms with E-state index in [2.05, 4.69) is 38.5 Å². The molecule has 12 heteroatoms. The third-order valence-corrected chi connectivity index (χ3v) is 7.18. The number of amides is 1. The first-order chi connectivity index (χ1) is 18.8. The minimum absolute atomic E-state index is 0.0260. The number of nitrogen functional groups attached to an aromatic ring is 1. The Morgan fingerprint density at radius 2 is 2.02 bits per heavy atom. The molecule has 3 aromatic rings. The predicted octanol–water partition coefficient (Wildman–Crippen LogP) is 4.26. The number of nitrogens with two attached hydrogens (primary N) is 1. The fourth-order valence-electron chi connectivity index (χ4n) is 5.12. The van der Waals surface area contributed by atoms with Gasteiger partial charge in [-0.1, -0.05) is 13.0 Å². The summed E-state index contributed by atoms with van der Waals surface area (Å²) in [5.41, 5.74) is 7.34.